The van der Waals surface area contributed by atoms with Crippen molar-refractivity contribution in [2.75, 3.05) is 6.26 Å². The molecule has 0 atom stereocenters. The molecule has 0 fully saturated rings. The van der Waals surface area contributed by atoms with E-state index in [1.165, 1.54) is 26.8 Å². The van der Waals surface area contributed by atoms with Crippen LogP contribution in [-0.4, -0.2) is 32.0 Å². The average molecular weight is 790 g/mol. The maximum Gasteiger partial charge on any atom is 0.152 e. The Labute approximate surface area is 308 Å². The van der Waals surface area contributed by atoms with E-state index < -0.39 is 9.84 Å². The van der Waals surface area contributed by atoms with Crippen molar-refractivity contribution in [3.8, 4) is 0 Å². The molecule has 0 aromatic rings. The Balaban J connectivity index is -0.0000000192. The van der Waals surface area contributed by atoms with E-state index in [-0.39, 0.29) is 156 Å². The smallest absolute Gasteiger partial charge is 0.152 e. The van der Waals surface area contributed by atoms with Crippen LogP contribution in [0.4, 0.5) is 0 Å². The van der Waals surface area contributed by atoms with Crippen molar-refractivity contribution in [3.63, 3.8) is 0 Å². The van der Waals surface area contributed by atoms with Gasteiger partial charge in [-0.05, 0) is 52.9 Å². The van der Waals surface area contributed by atoms with Crippen molar-refractivity contribution in [2.45, 2.75) is 75.2 Å². The average Bonchev–Trinajstić information content (AvgIpc) is 2.47. The van der Waals surface area contributed by atoms with Crippen molar-refractivity contribution >= 4 is 27.2 Å². The number of rotatable bonds is 3. The Morgan fingerprint density at radius 1 is 0.848 bits per heavy atom. The number of sulfone groups is 1. The largest absolute Gasteiger partial charge is 0.344 e. The minimum atomic E-state index is -2.92. The fourth-order valence-electron chi connectivity index (χ4n) is 0.470. The molecule has 0 unspecified atom stereocenters. The number of hydrogen-bond acceptors (Lipinski definition) is 5. The van der Waals surface area contributed by atoms with Crippen LogP contribution in [0.3, 0.4) is 0 Å². The number of Topliss-reactive ketones (excluding diaryl/α,β-unsaturated/α-hetero) is 2. The summed E-state index contributed by atoms with van der Waals surface area (Å²) in [6.45, 7) is 22.3. The standard InChI is InChI=1S/C5H8O.C5H10.C4H7O.C3H5O.C3H7.C2H5O2S.CH4.4Y/c1-3-4-5(2)6;1-3-5-4-2;1-3-4(2)5;1-3(2)4;1-3-2;1-5(2,3)4;;;;;/h3-4H,1-2H3;3,5H,4H2,1-2H3;1,3H2,2H3;1H2,2H3;1,3H2,2H3;1H2,2H3;1H4;;;;/q;;4*-1;;;;;/b4-3+;5-3+;;;;;;;;;. The number of hydrogen-bond donors (Lipinski definition) is 0. The van der Waals surface area contributed by atoms with Crippen LogP contribution in [0.5, 0.6) is 0 Å². The zero-order valence-corrected chi connectivity index (χ0v) is 33.7. The van der Waals surface area contributed by atoms with E-state index in [0.29, 0.717) is 6.42 Å². The summed E-state index contributed by atoms with van der Waals surface area (Å²) in [4.78, 5) is 29.0. The first kappa shape index (κ1) is 70.5. The van der Waals surface area contributed by atoms with E-state index in [0.717, 1.165) is 19.1 Å². The van der Waals surface area contributed by atoms with E-state index in [9.17, 15) is 22.8 Å². The zero-order chi connectivity index (χ0) is 24.2. The molecule has 0 saturated heterocycles. The molecule has 0 aliphatic carbocycles. The Morgan fingerprint density at radius 2 is 1.06 bits per heavy atom. The molecule has 0 heterocycles. The Kier molecular flexibility index (Phi) is 138. The molecular formula is C23H46O5SY4-4. The molecule has 0 aliphatic heterocycles. The van der Waals surface area contributed by atoms with Crippen molar-refractivity contribution < 1.29 is 154 Å². The number of allylic oxidation sites excluding steroid dienone is 4. The van der Waals surface area contributed by atoms with Crippen molar-refractivity contribution in [1.29, 1.82) is 0 Å². The van der Waals surface area contributed by atoms with E-state index >= 15 is 0 Å². The normalized spacial score (nSPS) is 7.48. The van der Waals surface area contributed by atoms with Gasteiger partial charge in [-0.25, -0.2) is 6.26 Å². The second-order valence-electron chi connectivity index (χ2n) is 5.17. The fourth-order valence-corrected chi connectivity index (χ4v) is 0.470. The SMILES string of the molecule is C.C/C=C/C(C)=O.C/C=C/CC.[CH2-]C(C)=O.[CH2-]CC.[CH2-]CC(C)=O.[CH2-]S(C)(=O)=O.[Y].[Y].[Y].[Y]. The monoisotopic (exact) mass is 790 g/mol. The van der Waals surface area contributed by atoms with Crippen molar-refractivity contribution in [3.05, 3.63) is 51.3 Å². The molecule has 0 aromatic carbocycles. The van der Waals surface area contributed by atoms with E-state index in [1.54, 1.807) is 6.08 Å². The van der Waals surface area contributed by atoms with Crippen molar-refractivity contribution in [2.24, 2.45) is 0 Å². The molecule has 10 heteroatoms. The third-order valence-corrected chi connectivity index (χ3v) is 1.22. The van der Waals surface area contributed by atoms with Crippen LogP contribution in [0, 0.1) is 27.0 Å². The summed E-state index contributed by atoms with van der Waals surface area (Å²) in [5.41, 5.74) is 0. The van der Waals surface area contributed by atoms with E-state index in [2.05, 4.69) is 46.1 Å². The zero-order valence-electron chi connectivity index (χ0n) is 21.5. The topological polar surface area (TPSA) is 85.3 Å². The molecule has 5 nitrogen and oxygen atoms in total. The summed E-state index contributed by atoms with van der Waals surface area (Å²) in [7, 11) is -2.92. The summed E-state index contributed by atoms with van der Waals surface area (Å²) >= 11 is 0. The van der Waals surface area contributed by atoms with Gasteiger partial charge in [-0.2, -0.15) is 6.42 Å². The summed E-state index contributed by atoms with van der Waals surface area (Å²) in [6.07, 6.45) is 13.8. The third kappa shape index (κ3) is 393. The number of carbonyl (C=O) groups is 3. The third-order valence-electron chi connectivity index (χ3n) is 1.22. The first-order chi connectivity index (χ1) is 12.6. The minimum Gasteiger partial charge on any atom is -0.344 e. The second kappa shape index (κ2) is 64.6. The van der Waals surface area contributed by atoms with Crippen LogP contribution < -0.4 is 0 Å². The van der Waals surface area contributed by atoms with Crippen LogP contribution in [0.25, 0.3) is 0 Å². The van der Waals surface area contributed by atoms with Crippen LogP contribution in [0.1, 0.15) is 75.2 Å². The molecular weight excluding hydrogens is 744 g/mol. The molecule has 4 radical (unpaired) electrons. The van der Waals surface area contributed by atoms with Gasteiger partial charge in [0, 0.05) is 147 Å². The van der Waals surface area contributed by atoms with Gasteiger partial charge in [-0.1, -0.05) is 39.5 Å². The first-order valence-electron chi connectivity index (χ1n) is 8.78. The van der Waals surface area contributed by atoms with Gasteiger partial charge < -0.3 is 30.4 Å². The van der Waals surface area contributed by atoms with Crippen LogP contribution >= 0.6 is 0 Å². The van der Waals surface area contributed by atoms with Gasteiger partial charge in [0.25, 0.3) is 0 Å². The molecule has 0 saturated carbocycles. The van der Waals surface area contributed by atoms with E-state index in [1.807, 2.05) is 20.8 Å². The Hall–Kier alpha value is 2.73. The van der Waals surface area contributed by atoms with E-state index in [4.69, 9.17) is 0 Å². The molecule has 0 amide bonds. The predicted octanol–water partition coefficient (Wildman–Crippen LogP) is 6.01. The summed E-state index contributed by atoms with van der Waals surface area (Å²) in [5, 5.41) is 0. The second-order valence-corrected chi connectivity index (χ2v) is 7.02. The summed E-state index contributed by atoms with van der Waals surface area (Å²) in [5.74, 6) is 0.169. The molecule has 0 aromatic heterocycles. The Bertz CT molecular complexity index is 493. The summed E-state index contributed by atoms with van der Waals surface area (Å²) in [6, 6.07) is 0. The van der Waals surface area contributed by atoms with Gasteiger partial charge in [-0.3, -0.25) is 13.2 Å². The van der Waals surface area contributed by atoms with Gasteiger partial charge in [-0.15, -0.1) is 6.42 Å². The number of ketones is 3. The summed E-state index contributed by atoms with van der Waals surface area (Å²) < 4.78 is 19.0. The van der Waals surface area contributed by atoms with Crippen LogP contribution in [-0.2, 0) is 155 Å². The van der Waals surface area contributed by atoms with Gasteiger partial charge >= 0.3 is 0 Å². The van der Waals surface area contributed by atoms with Gasteiger partial charge in [0.05, 0.1) is 5.78 Å². The molecule has 0 bridgehead atoms. The molecule has 0 spiro atoms. The van der Waals surface area contributed by atoms with Crippen LogP contribution in [0.15, 0.2) is 24.3 Å². The first-order valence-corrected chi connectivity index (χ1v) is 10.8. The Morgan fingerprint density at radius 3 is 1.06 bits per heavy atom. The fraction of sp³-hybridized carbons (Fsp3) is 0.522. The van der Waals surface area contributed by atoms with Gasteiger partial charge in [0.1, 0.15) is 0 Å². The minimum absolute atomic E-state index is 0. The molecule has 0 aliphatic rings. The van der Waals surface area contributed by atoms with Gasteiger partial charge in [0.15, 0.2) is 5.78 Å². The molecule has 190 valence electrons. The maximum atomic E-state index is 9.96. The quantitative estimate of drug-likeness (QED) is 0.199. The maximum absolute atomic E-state index is 9.96. The van der Waals surface area contributed by atoms with Crippen molar-refractivity contribution in [1.82, 2.24) is 0 Å². The molecule has 0 N–H and O–H groups in total. The number of carbonyl (C=O) groups excluding carboxylic acids is 3. The van der Waals surface area contributed by atoms with Crippen LogP contribution in [0.2, 0.25) is 0 Å². The predicted molar refractivity (Wildman–Crippen MR) is 130 cm³/mol. The van der Waals surface area contributed by atoms with Gasteiger partial charge in [0.2, 0.25) is 0 Å². The molecule has 33 heavy (non-hydrogen) atoms. The molecule has 0 rings (SSSR count).